The van der Waals surface area contributed by atoms with Gasteiger partial charge < -0.3 is 4.98 Å². The summed E-state index contributed by atoms with van der Waals surface area (Å²) >= 11 is 0. The van der Waals surface area contributed by atoms with E-state index in [9.17, 15) is 4.79 Å². The molecule has 0 saturated carbocycles. The zero-order chi connectivity index (χ0) is 11.4. The predicted molar refractivity (Wildman–Crippen MR) is 64.4 cm³/mol. The van der Waals surface area contributed by atoms with Crippen molar-refractivity contribution in [2.75, 3.05) is 0 Å². The lowest BCUT2D eigenvalue weighted by atomic mass is 9.91. The Morgan fingerprint density at radius 2 is 1.94 bits per heavy atom. The molecule has 0 saturated heterocycles. The van der Waals surface area contributed by atoms with Crippen molar-refractivity contribution in [1.82, 2.24) is 4.98 Å². The van der Waals surface area contributed by atoms with Crippen LogP contribution in [-0.2, 0) is 4.79 Å². The molecule has 0 aliphatic rings. The lowest BCUT2D eigenvalue weighted by Crippen LogP contribution is -2.06. The molecular formula is C14H15NO. The molecule has 1 aromatic heterocycles. The number of Topliss-reactive ketones (excluding diaryl/α,β-unsaturated/α-hetero) is 1. The van der Waals surface area contributed by atoms with Crippen LogP contribution < -0.4 is 0 Å². The third-order valence-electron chi connectivity index (χ3n) is 2.69. The van der Waals surface area contributed by atoms with Crippen LogP contribution in [-0.4, -0.2) is 10.8 Å². The number of carbonyl (C=O) groups excluding carboxylic acids is 1. The van der Waals surface area contributed by atoms with E-state index in [0.29, 0.717) is 6.42 Å². The Morgan fingerprint density at radius 3 is 2.50 bits per heavy atom. The van der Waals surface area contributed by atoms with Crippen LogP contribution in [0.2, 0.25) is 0 Å². The molecule has 0 unspecified atom stereocenters. The fraction of sp³-hybridized carbons (Fsp3) is 0.214. The summed E-state index contributed by atoms with van der Waals surface area (Å²) in [5, 5.41) is 0. The molecule has 2 heteroatoms. The first-order chi connectivity index (χ1) is 7.77. The van der Waals surface area contributed by atoms with Crippen molar-refractivity contribution in [3.8, 4) is 0 Å². The zero-order valence-corrected chi connectivity index (χ0v) is 9.31. The number of hydrogen-bond donors (Lipinski definition) is 1. The number of H-pyrrole nitrogens is 1. The van der Waals surface area contributed by atoms with Crippen LogP contribution in [0.4, 0.5) is 0 Å². The third-order valence-corrected chi connectivity index (χ3v) is 2.69. The second-order valence-electron chi connectivity index (χ2n) is 3.99. The molecule has 0 amide bonds. The van der Waals surface area contributed by atoms with E-state index in [-0.39, 0.29) is 11.7 Å². The number of aromatic amines is 1. The van der Waals surface area contributed by atoms with Crippen LogP contribution in [0.25, 0.3) is 0 Å². The predicted octanol–water partition coefficient (Wildman–Crippen LogP) is 3.13. The van der Waals surface area contributed by atoms with E-state index >= 15 is 0 Å². The normalized spacial score (nSPS) is 12.3. The lowest BCUT2D eigenvalue weighted by molar-refractivity contribution is -0.117. The molecule has 0 bridgehead atoms. The van der Waals surface area contributed by atoms with E-state index < -0.39 is 0 Å². The summed E-state index contributed by atoms with van der Waals surface area (Å²) in [6.07, 6.45) is 2.44. The number of carbonyl (C=O) groups is 1. The number of nitrogens with one attached hydrogen (secondary N) is 1. The van der Waals surface area contributed by atoms with Gasteiger partial charge in [0.25, 0.3) is 0 Å². The van der Waals surface area contributed by atoms with Gasteiger partial charge in [0.05, 0.1) is 0 Å². The van der Waals surface area contributed by atoms with Gasteiger partial charge in [0.1, 0.15) is 5.78 Å². The summed E-state index contributed by atoms with van der Waals surface area (Å²) in [7, 11) is 0. The maximum atomic E-state index is 11.3. The van der Waals surface area contributed by atoms with E-state index in [1.165, 1.54) is 5.56 Å². The Morgan fingerprint density at radius 1 is 1.19 bits per heavy atom. The van der Waals surface area contributed by atoms with Gasteiger partial charge in [-0.25, -0.2) is 0 Å². The maximum absolute atomic E-state index is 11.3. The summed E-state index contributed by atoms with van der Waals surface area (Å²) in [5.74, 6) is 0.358. The van der Waals surface area contributed by atoms with Crippen LogP contribution in [0, 0.1) is 0 Å². The quantitative estimate of drug-likeness (QED) is 0.831. The second kappa shape index (κ2) is 4.79. The Labute approximate surface area is 95.3 Å². The molecule has 82 valence electrons. The largest absolute Gasteiger partial charge is 0.364 e. The summed E-state index contributed by atoms with van der Waals surface area (Å²) in [6, 6.07) is 14.1. The zero-order valence-electron chi connectivity index (χ0n) is 9.31. The SMILES string of the molecule is CC(=O)C[C@@H](c1ccccc1)c1ccc[nH]1. The minimum atomic E-state index is 0.147. The Bertz CT molecular complexity index is 445. The van der Waals surface area contributed by atoms with Crippen molar-refractivity contribution < 1.29 is 4.79 Å². The monoisotopic (exact) mass is 213 g/mol. The van der Waals surface area contributed by atoms with E-state index in [1.54, 1.807) is 6.92 Å². The number of aromatic nitrogens is 1. The van der Waals surface area contributed by atoms with Crippen molar-refractivity contribution in [1.29, 1.82) is 0 Å². The smallest absolute Gasteiger partial charge is 0.130 e. The van der Waals surface area contributed by atoms with Gasteiger partial charge in [0, 0.05) is 24.2 Å². The highest BCUT2D eigenvalue weighted by molar-refractivity contribution is 5.77. The topological polar surface area (TPSA) is 32.9 Å². The molecule has 1 N–H and O–H groups in total. The number of hydrogen-bond acceptors (Lipinski definition) is 1. The first kappa shape index (κ1) is 10.7. The number of benzene rings is 1. The first-order valence-corrected chi connectivity index (χ1v) is 5.45. The highest BCUT2D eigenvalue weighted by atomic mass is 16.1. The average Bonchev–Trinajstić information content (AvgIpc) is 2.80. The minimum Gasteiger partial charge on any atom is -0.364 e. The molecule has 0 aliphatic heterocycles. The molecule has 0 fully saturated rings. The van der Waals surface area contributed by atoms with Crippen LogP contribution in [0.1, 0.15) is 30.5 Å². The molecule has 1 atom stereocenters. The van der Waals surface area contributed by atoms with Crippen molar-refractivity contribution in [3.63, 3.8) is 0 Å². The molecule has 2 aromatic rings. The van der Waals surface area contributed by atoms with E-state index in [0.717, 1.165) is 5.69 Å². The molecule has 0 spiro atoms. The Kier molecular flexibility index (Phi) is 3.20. The van der Waals surface area contributed by atoms with E-state index in [1.807, 2.05) is 36.5 Å². The van der Waals surface area contributed by atoms with Crippen LogP contribution in [0.5, 0.6) is 0 Å². The van der Waals surface area contributed by atoms with E-state index in [4.69, 9.17) is 0 Å². The fourth-order valence-corrected chi connectivity index (χ4v) is 1.94. The highest BCUT2D eigenvalue weighted by Crippen LogP contribution is 2.26. The first-order valence-electron chi connectivity index (χ1n) is 5.45. The van der Waals surface area contributed by atoms with Gasteiger partial charge in [-0.05, 0) is 24.6 Å². The van der Waals surface area contributed by atoms with Crippen molar-refractivity contribution in [3.05, 3.63) is 59.9 Å². The lowest BCUT2D eigenvalue weighted by Gasteiger charge is -2.14. The summed E-state index contributed by atoms with van der Waals surface area (Å²) in [5.41, 5.74) is 2.28. The molecule has 0 radical (unpaired) electrons. The Hall–Kier alpha value is -1.83. The average molecular weight is 213 g/mol. The summed E-state index contributed by atoms with van der Waals surface area (Å²) < 4.78 is 0. The van der Waals surface area contributed by atoms with Crippen molar-refractivity contribution in [2.24, 2.45) is 0 Å². The van der Waals surface area contributed by atoms with Gasteiger partial charge in [-0.2, -0.15) is 0 Å². The molecule has 2 nitrogen and oxygen atoms in total. The standard InChI is InChI=1S/C14H15NO/c1-11(16)10-13(14-8-5-9-15-14)12-6-3-2-4-7-12/h2-9,13,15H,10H2,1H3/t13-/m0/s1. The number of rotatable bonds is 4. The van der Waals surface area contributed by atoms with Gasteiger partial charge in [0.2, 0.25) is 0 Å². The summed E-state index contributed by atoms with van der Waals surface area (Å²) in [4.78, 5) is 14.5. The van der Waals surface area contributed by atoms with Crippen molar-refractivity contribution in [2.45, 2.75) is 19.3 Å². The second-order valence-corrected chi connectivity index (χ2v) is 3.99. The van der Waals surface area contributed by atoms with Crippen LogP contribution in [0.3, 0.4) is 0 Å². The van der Waals surface area contributed by atoms with Gasteiger partial charge in [0.15, 0.2) is 0 Å². The number of ketones is 1. The van der Waals surface area contributed by atoms with Crippen LogP contribution >= 0.6 is 0 Å². The van der Waals surface area contributed by atoms with Crippen LogP contribution in [0.15, 0.2) is 48.7 Å². The summed E-state index contributed by atoms with van der Waals surface area (Å²) in [6.45, 7) is 1.64. The fourth-order valence-electron chi connectivity index (χ4n) is 1.94. The van der Waals surface area contributed by atoms with E-state index in [2.05, 4.69) is 17.1 Å². The van der Waals surface area contributed by atoms with Gasteiger partial charge >= 0.3 is 0 Å². The minimum absolute atomic E-state index is 0.147. The third kappa shape index (κ3) is 2.40. The van der Waals surface area contributed by atoms with Crippen molar-refractivity contribution >= 4 is 5.78 Å². The Balaban J connectivity index is 2.32. The molecule has 0 aliphatic carbocycles. The van der Waals surface area contributed by atoms with Gasteiger partial charge in [-0.1, -0.05) is 30.3 Å². The molecule has 16 heavy (non-hydrogen) atoms. The molecule has 1 aromatic carbocycles. The molecular weight excluding hydrogens is 198 g/mol. The molecule has 2 rings (SSSR count). The highest BCUT2D eigenvalue weighted by Gasteiger charge is 2.16. The van der Waals surface area contributed by atoms with Gasteiger partial charge in [-0.3, -0.25) is 4.79 Å². The molecule has 1 heterocycles. The van der Waals surface area contributed by atoms with Gasteiger partial charge in [-0.15, -0.1) is 0 Å². The maximum Gasteiger partial charge on any atom is 0.130 e.